The van der Waals surface area contributed by atoms with E-state index < -0.39 is 11.1 Å². The van der Waals surface area contributed by atoms with Gasteiger partial charge >= 0.3 is 0 Å². The molecule has 0 aliphatic rings. The highest BCUT2D eigenvalue weighted by atomic mass is 16.5. The van der Waals surface area contributed by atoms with Gasteiger partial charge in [0.15, 0.2) is 0 Å². The van der Waals surface area contributed by atoms with Gasteiger partial charge in [0.2, 0.25) is 11.8 Å². The van der Waals surface area contributed by atoms with Crippen molar-refractivity contribution < 1.29 is 19.1 Å². The second kappa shape index (κ2) is 12.9. The van der Waals surface area contributed by atoms with Crippen molar-refractivity contribution >= 4 is 18.1 Å². The zero-order chi connectivity index (χ0) is 21.8. The van der Waals surface area contributed by atoms with Crippen LogP contribution in [0.5, 0.6) is 0 Å². The number of likely N-dealkylation sites (N-methyl/N-ethyl adjacent to an activating group) is 2. The van der Waals surface area contributed by atoms with Crippen LogP contribution in [-0.4, -0.2) is 65.3 Å². The SMILES string of the molecule is CCCC(=O)N(CC)C(C)(C)COCC(C)(C)N(CC)C(=O)CCCCC=O. The van der Waals surface area contributed by atoms with E-state index in [4.69, 9.17) is 4.74 Å². The normalized spacial score (nSPS) is 12.0. The maximum Gasteiger partial charge on any atom is 0.223 e. The van der Waals surface area contributed by atoms with Gasteiger partial charge in [-0.25, -0.2) is 0 Å². The summed E-state index contributed by atoms with van der Waals surface area (Å²) in [5.41, 5.74) is -0.829. The van der Waals surface area contributed by atoms with Gasteiger partial charge in [0.25, 0.3) is 0 Å². The topological polar surface area (TPSA) is 66.9 Å². The van der Waals surface area contributed by atoms with Crippen molar-refractivity contribution in [2.24, 2.45) is 0 Å². The first-order valence-electron chi connectivity index (χ1n) is 10.7. The lowest BCUT2D eigenvalue weighted by Crippen LogP contribution is -2.53. The van der Waals surface area contributed by atoms with Crippen LogP contribution in [0.15, 0.2) is 0 Å². The van der Waals surface area contributed by atoms with E-state index in [1.165, 1.54) is 0 Å². The molecule has 0 unspecified atom stereocenters. The standard InChI is InChI=1S/C22H42N2O4/c1-8-14-19(26)23(9-2)21(4,5)17-28-18-22(6,7)24(10-3)20(27)15-12-11-13-16-25/h16H,8-15,17-18H2,1-7H3. The van der Waals surface area contributed by atoms with E-state index in [1.807, 2.05) is 58.3 Å². The number of ether oxygens (including phenoxy) is 1. The van der Waals surface area contributed by atoms with Crippen molar-refractivity contribution in [2.45, 2.75) is 98.1 Å². The molecule has 0 saturated carbocycles. The molecule has 0 fully saturated rings. The van der Waals surface area contributed by atoms with Gasteiger partial charge in [-0.1, -0.05) is 6.92 Å². The molecule has 0 N–H and O–H groups in total. The molecule has 0 aliphatic carbocycles. The Bertz CT molecular complexity index is 489. The van der Waals surface area contributed by atoms with Crippen LogP contribution in [0.25, 0.3) is 0 Å². The molecular formula is C22H42N2O4. The van der Waals surface area contributed by atoms with Gasteiger partial charge in [-0.3, -0.25) is 9.59 Å². The summed E-state index contributed by atoms with van der Waals surface area (Å²) in [6, 6.07) is 0. The number of hydrogen-bond acceptors (Lipinski definition) is 4. The summed E-state index contributed by atoms with van der Waals surface area (Å²) in [4.78, 5) is 39.1. The Kier molecular flexibility index (Phi) is 12.3. The maximum absolute atomic E-state index is 12.6. The third-order valence-electron chi connectivity index (χ3n) is 5.03. The Morgan fingerprint density at radius 1 is 0.821 bits per heavy atom. The molecule has 0 heterocycles. The van der Waals surface area contributed by atoms with Gasteiger partial charge in [0.05, 0.1) is 24.3 Å². The third-order valence-corrected chi connectivity index (χ3v) is 5.03. The molecule has 0 aromatic heterocycles. The molecular weight excluding hydrogens is 356 g/mol. The molecule has 0 rings (SSSR count). The summed E-state index contributed by atoms with van der Waals surface area (Å²) in [7, 11) is 0. The molecule has 0 bridgehead atoms. The van der Waals surface area contributed by atoms with Crippen molar-refractivity contribution in [3.05, 3.63) is 0 Å². The molecule has 0 aromatic rings. The summed E-state index contributed by atoms with van der Waals surface area (Å²) in [5, 5.41) is 0. The molecule has 0 saturated heterocycles. The quantitative estimate of drug-likeness (QED) is 0.311. The predicted octanol–water partition coefficient (Wildman–Crippen LogP) is 3.82. The van der Waals surface area contributed by atoms with Crippen molar-refractivity contribution in [1.82, 2.24) is 9.80 Å². The molecule has 6 nitrogen and oxygen atoms in total. The van der Waals surface area contributed by atoms with Crippen LogP contribution < -0.4 is 0 Å². The fraction of sp³-hybridized carbons (Fsp3) is 0.864. The van der Waals surface area contributed by atoms with Crippen molar-refractivity contribution in [3.63, 3.8) is 0 Å². The van der Waals surface area contributed by atoms with Gasteiger partial charge in [-0.2, -0.15) is 0 Å². The van der Waals surface area contributed by atoms with E-state index in [0.29, 0.717) is 45.6 Å². The molecule has 0 radical (unpaired) electrons. The highest BCUT2D eigenvalue weighted by Gasteiger charge is 2.33. The van der Waals surface area contributed by atoms with Gasteiger partial charge in [0, 0.05) is 32.4 Å². The fourth-order valence-electron chi connectivity index (χ4n) is 3.58. The molecule has 2 amide bonds. The average Bonchev–Trinajstić information content (AvgIpc) is 2.59. The van der Waals surface area contributed by atoms with E-state index in [9.17, 15) is 14.4 Å². The van der Waals surface area contributed by atoms with Gasteiger partial charge in [-0.05, 0) is 60.8 Å². The lowest BCUT2D eigenvalue weighted by Gasteiger charge is -2.41. The molecule has 0 aromatic carbocycles. The molecule has 0 spiro atoms. The predicted molar refractivity (Wildman–Crippen MR) is 113 cm³/mol. The summed E-state index contributed by atoms with van der Waals surface area (Å²) in [6.45, 7) is 16.1. The monoisotopic (exact) mass is 398 g/mol. The Morgan fingerprint density at radius 2 is 1.29 bits per heavy atom. The van der Waals surface area contributed by atoms with Crippen LogP contribution in [0.4, 0.5) is 0 Å². The van der Waals surface area contributed by atoms with Crippen molar-refractivity contribution in [2.75, 3.05) is 26.3 Å². The molecule has 0 atom stereocenters. The fourth-order valence-corrected chi connectivity index (χ4v) is 3.58. The van der Waals surface area contributed by atoms with Crippen molar-refractivity contribution in [1.29, 1.82) is 0 Å². The minimum Gasteiger partial charge on any atom is -0.377 e. The smallest absolute Gasteiger partial charge is 0.223 e. The van der Waals surface area contributed by atoms with Crippen LogP contribution >= 0.6 is 0 Å². The number of carbonyl (C=O) groups excluding carboxylic acids is 3. The lowest BCUT2D eigenvalue weighted by molar-refractivity contribution is -0.142. The number of nitrogens with zero attached hydrogens (tertiary/aromatic N) is 2. The number of unbranched alkanes of at least 4 members (excludes halogenated alkanes) is 2. The summed E-state index contributed by atoms with van der Waals surface area (Å²) < 4.78 is 6.02. The zero-order valence-electron chi connectivity index (χ0n) is 19.2. The number of aldehydes is 1. The largest absolute Gasteiger partial charge is 0.377 e. The zero-order valence-corrected chi connectivity index (χ0v) is 19.2. The second-order valence-electron chi connectivity index (χ2n) is 8.56. The van der Waals surface area contributed by atoms with Gasteiger partial charge < -0.3 is 19.3 Å². The number of carbonyl (C=O) groups is 3. The molecule has 164 valence electrons. The van der Waals surface area contributed by atoms with Crippen LogP contribution in [-0.2, 0) is 19.1 Å². The average molecular weight is 399 g/mol. The lowest BCUT2D eigenvalue weighted by atomic mass is 10.0. The van der Waals surface area contributed by atoms with Gasteiger partial charge in [-0.15, -0.1) is 0 Å². The van der Waals surface area contributed by atoms with Crippen LogP contribution in [0.2, 0.25) is 0 Å². The second-order valence-corrected chi connectivity index (χ2v) is 8.56. The van der Waals surface area contributed by atoms with E-state index in [1.54, 1.807) is 0 Å². The number of rotatable bonds is 15. The Labute approximate surface area is 172 Å². The summed E-state index contributed by atoms with van der Waals surface area (Å²) in [6.07, 6.45) is 4.70. The molecule has 0 aliphatic heterocycles. The van der Waals surface area contributed by atoms with Crippen LogP contribution in [0.1, 0.15) is 87.0 Å². The minimum absolute atomic E-state index is 0.0922. The summed E-state index contributed by atoms with van der Waals surface area (Å²) in [5.74, 6) is 0.244. The molecule has 6 heteroatoms. The van der Waals surface area contributed by atoms with E-state index in [0.717, 1.165) is 25.5 Å². The highest BCUT2D eigenvalue weighted by molar-refractivity contribution is 5.77. The van der Waals surface area contributed by atoms with Crippen LogP contribution in [0.3, 0.4) is 0 Å². The highest BCUT2D eigenvalue weighted by Crippen LogP contribution is 2.21. The van der Waals surface area contributed by atoms with E-state index >= 15 is 0 Å². The van der Waals surface area contributed by atoms with Crippen LogP contribution in [0, 0.1) is 0 Å². The van der Waals surface area contributed by atoms with Gasteiger partial charge in [0.1, 0.15) is 6.29 Å². The number of amides is 2. The summed E-state index contributed by atoms with van der Waals surface area (Å²) >= 11 is 0. The third kappa shape index (κ3) is 8.72. The van der Waals surface area contributed by atoms with Crippen molar-refractivity contribution in [3.8, 4) is 0 Å². The minimum atomic E-state index is -0.433. The van der Waals surface area contributed by atoms with E-state index in [2.05, 4.69) is 0 Å². The first kappa shape index (κ1) is 26.6. The maximum atomic E-state index is 12.6. The first-order chi connectivity index (χ1) is 13.1. The number of hydrogen-bond donors (Lipinski definition) is 0. The molecule has 28 heavy (non-hydrogen) atoms. The Balaban J connectivity index is 4.78. The van der Waals surface area contributed by atoms with E-state index in [-0.39, 0.29) is 11.8 Å². The Morgan fingerprint density at radius 3 is 1.68 bits per heavy atom. The Hall–Kier alpha value is -1.43. The first-order valence-corrected chi connectivity index (χ1v) is 10.7.